The van der Waals surface area contributed by atoms with Crippen molar-refractivity contribution in [3.63, 3.8) is 0 Å². The number of hydrogen-bond donors (Lipinski definition) is 2. The smallest absolute Gasteiger partial charge is 0.242 e. The van der Waals surface area contributed by atoms with E-state index in [0.29, 0.717) is 12.5 Å². The number of rotatable bonds is 6. The Morgan fingerprint density at radius 3 is 2.71 bits per heavy atom. The van der Waals surface area contributed by atoms with Gasteiger partial charge in [-0.25, -0.2) is 0 Å². The molecule has 1 aromatic carbocycles. The van der Waals surface area contributed by atoms with Crippen LogP contribution in [0.25, 0.3) is 0 Å². The molecule has 0 aromatic heterocycles. The maximum Gasteiger partial charge on any atom is 0.242 e. The third kappa shape index (κ3) is 3.83. The Morgan fingerprint density at radius 2 is 2.10 bits per heavy atom. The van der Waals surface area contributed by atoms with Crippen LogP contribution >= 0.6 is 0 Å². The zero-order valence-corrected chi connectivity index (χ0v) is 13.1. The lowest BCUT2D eigenvalue weighted by Gasteiger charge is -2.29. The molecule has 1 aromatic rings. The van der Waals surface area contributed by atoms with E-state index < -0.39 is 0 Å². The Labute approximate surface area is 127 Å². The van der Waals surface area contributed by atoms with Gasteiger partial charge in [-0.1, -0.05) is 43.7 Å². The van der Waals surface area contributed by atoms with E-state index in [4.69, 9.17) is 5.73 Å². The third-order valence-electron chi connectivity index (χ3n) is 4.59. The molecule has 116 valence electrons. The van der Waals surface area contributed by atoms with E-state index in [2.05, 4.69) is 17.1 Å². The maximum absolute atomic E-state index is 12.8. The predicted molar refractivity (Wildman–Crippen MR) is 85.8 cm³/mol. The van der Waals surface area contributed by atoms with Gasteiger partial charge in [-0.2, -0.15) is 0 Å². The number of nitrogens with one attached hydrogen (secondary N) is 1. The molecule has 0 spiro atoms. The Bertz CT molecular complexity index is 449. The zero-order chi connectivity index (χ0) is 15.2. The van der Waals surface area contributed by atoms with Crippen LogP contribution < -0.4 is 11.1 Å². The summed E-state index contributed by atoms with van der Waals surface area (Å²) in [7, 11) is 1.99. The molecule has 1 amide bonds. The molecule has 1 aliphatic carbocycles. The Hall–Kier alpha value is -1.39. The van der Waals surface area contributed by atoms with Crippen molar-refractivity contribution in [2.45, 2.75) is 38.3 Å². The largest absolute Gasteiger partial charge is 0.351 e. The molecule has 3 unspecified atom stereocenters. The third-order valence-corrected chi connectivity index (χ3v) is 4.59. The number of nitrogens with two attached hydrogens (primary N) is 1. The van der Waals surface area contributed by atoms with E-state index in [1.54, 1.807) is 0 Å². The molecular formula is C17H27N3O. The molecular weight excluding hydrogens is 262 g/mol. The lowest BCUT2D eigenvalue weighted by molar-refractivity contribution is -0.127. The zero-order valence-electron chi connectivity index (χ0n) is 13.1. The van der Waals surface area contributed by atoms with Crippen LogP contribution in [-0.2, 0) is 4.79 Å². The second-order valence-corrected chi connectivity index (χ2v) is 5.93. The van der Waals surface area contributed by atoms with Crippen LogP contribution in [-0.4, -0.2) is 37.0 Å². The van der Waals surface area contributed by atoms with E-state index >= 15 is 0 Å². The standard InChI is InChI=1S/C17H27N3O/c1-3-20(2)16(13-8-5-4-6-9-13)17(21)19-15-11-7-10-14(15)12-18/h4-6,8-9,14-16H,3,7,10-12,18H2,1-2H3,(H,19,21). The first-order chi connectivity index (χ1) is 10.2. The minimum absolute atomic E-state index is 0.0934. The second-order valence-electron chi connectivity index (χ2n) is 5.93. The predicted octanol–water partition coefficient (Wildman–Crippen LogP) is 1.92. The summed E-state index contributed by atoms with van der Waals surface area (Å²) in [6.07, 6.45) is 3.33. The Kier molecular flexibility index (Phi) is 5.76. The normalized spacial score (nSPS) is 23.2. The molecule has 21 heavy (non-hydrogen) atoms. The first-order valence-electron chi connectivity index (χ1n) is 7.93. The Balaban J connectivity index is 2.12. The molecule has 1 fully saturated rings. The van der Waals surface area contributed by atoms with Crippen molar-refractivity contribution in [2.75, 3.05) is 20.1 Å². The molecule has 1 saturated carbocycles. The highest BCUT2D eigenvalue weighted by atomic mass is 16.2. The number of nitrogens with zero attached hydrogens (tertiary/aromatic N) is 1. The molecule has 2 rings (SSSR count). The number of benzene rings is 1. The van der Waals surface area contributed by atoms with Crippen LogP contribution in [0.5, 0.6) is 0 Å². The quantitative estimate of drug-likeness (QED) is 0.841. The molecule has 4 nitrogen and oxygen atoms in total. The fraction of sp³-hybridized carbons (Fsp3) is 0.588. The topological polar surface area (TPSA) is 58.4 Å². The lowest BCUT2D eigenvalue weighted by Crippen LogP contribution is -2.45. The van der Waals surface area contributed by atoms with Crippen molar-refractivity contribution in [1.29, 1.82) is 0 Å². The van der Waals surface area contributed by atoms with E-state index in [0.717, 1.165) is 31.4 Å². The van der Waals surface area contributed by atoms with Gasteiger partial charge in [-0.05, 0) is 44.5 Å². The van der Waals surface area contributed by atoms with Gasteiger partial charge in [0.15, 0.2) is 0 Å². The van der Waals surface area contributed by atoms with Crippen molar-refractivity contribution >= 4 is 5.91 Å². The van der Waals surface area contributed by atoms with Gasteiger partial charge in [0.25, 0.3) is 0 Å². The Morgan fingerprint density at radius 1 is 1.38 bits per heavy atom. The fourth-order valence-corrected chi connectivity index (χ4v) is 3.19. The SMILES string of the molecule is CCN(C)C(C(=O)NC1CCCC1CN)c1ccccc1. The van der Waals surface area contributed by atoms with Crippen LogP contribution in [0.15, 0.2) is 30.3 Å². The first-order valence-corrected chi connectivity index (χ1v) is 7.93. The number of amides is 1. The van der Waals surface area contributed by atoms with Crippen molar-refractivity contribution in [3.8, 4) is 0 Å². The molecule has 0 radical (unpaired) electrons. The highest BCUT2D eigenvalue weighted by Crippen LogP contribution is 2.26. The first kappa shape index (κ1) is 16.0. The van der Waals surface area contributed by atoms with Crippen LogP contribution in [0, 0.1) is 5.92 Å². The average molecular weight is 289 g/mol. The van der Waals surface area contributed by atoms with Crippen LogP contribution in [0.1, 0.15) is 37.8 Å². The molecule has 3 atom stereocenters. The van der Waals surface area contributed by atoms with Gasteiger partial charge >= 0.3 is 0 Å². The van der Waals surface area contributed by atoms with Crippen molar-refractivity contribution in [2.24, 2.45) is 11.7 Å². The van der Waals surface area contributed by atoms with Crippen LogP contribution in [0.4, 0.5) is 0 Å². The summed E-state index contributed by atoms with van der Waals surface area (Å²) in [4.78, 5) is 14.8. The summed E-state index contributed by atoms with van der Waals surface area (Å²) in [5, 5.41) is 3.23. The lowest BCUT2D eigenvalue weighted by atomic mass is 10.0. The highest BCUT2D eigenvalue weighted by Gasteiger charge is 2.31. The van der Waals surface area contributed by atoms with Crippen molar-refractivity contribution < 1.29 is 4.79 Å². The monoisotopic (exact) mass is 289 g/mol. The summed E-state index contributed by atoms with van der Waals surface area (Å²) >= 11 is 0. The number of likely N-dealkylation sites (N-methyl/N-ethyl adjacent to an activating group) is 1. The molecule has 0 heterocycles. The number of hydrogen-bond acceptors (Lipinski definition) is 3. The van der Waals surface area contributed by atoms with Gasteiger partial charge in [-0.3, -0.25) is 9.69 Å². The maximum atomic E-state index is 12.8. The van der Waals surface area contributed by atoms with E-state index in [9.17, 15) is 4.79 Å². The van der Waals surface area contributed by atoms with E-state index in [1.807, 2.05) is 37.4 Å². The van der Waals surface area contributed by atoms with Crippen molar-refractivity contribution in [3.05, 3.63) is 35.9 Å². The summed E-state index contributed by atoms with van der Waals surface area (Å²) in [5.74, 6) is 0.521. The summed E-state index contributed by atoms with van der Waals surface area (Å²) in [5.41, 5.74) is 6.85. The van der Waals surface area contributed by atoms with Crippen LogP contribution in [0.3, 0.4) is 0 Å². The fourth-order valence-electron chi connectivity index (χ4n) is 3.19. The van der Waals surface area contributed by atoms with Gasteiger partial charge in [0, 0.05) is 6.04 Å². The van der Waals surface area contributed by atoms with E-state index in [1.165, 1.54) is 0 Å². The minimum atomic E-state index is -0.227. The van der Waals surface area contributed by atoms with Gasteiger partial charge < -0.3 is 11.1 Å². The van der Waals surface area contributed by atoms with Gasteiger partial charge in [0.05, 0.1) is 0 Å². The molecule has 1 aliphatic rings. The van der Waals surface area contributed by atoms with Gasteiger partial charge in [-0.15, -0.1) is 0 Å². The summed E-state index contributed by atoms with van der Waals surface area (Å²) in [6.45, 7) is 3.56. The van der Waals surface area contributed by atoms with Gasteiger partial charge in [0.1, 0.15) is 6.04 Å². The highest BCUT2D eigenvalue weighted by molar-refractivity contribution is 5.83. The summed E-state index contributed by atoms with van der Waals surface area (Å²) < 4.78 is 0. The van der Waals surface area contributed by atoms with E-state index in [-0.39, 0.29) is 18.0 Å². The second kappa shape index (κ2) is 7.57. The number of carbonyl (C=O) groups excluding carboxylic acids is 1. The average Bonchev–Trinajstić information content (AvgIpc) is 2.95. The van der Waals surface area contributed by atoms with Gasteiger partial charge in [0.2, 0.25) is 5.91 Å². The molecule has 4 heteroatoms. The number of carbonyl (C=O) groups is 1. The minimum Gasteiger partial charge on any atom is -0.351 e. The molecule has 0 bridgehead atoms. The van der Waals surface area contributed by atoms with Crippen LogP contribution in [0.2, 0.25) is 0 Å². The summed E-state index contributed by atoms with van der Waals surface area (Å²) in [6, 6.07) is 9.99. The molecule has 0 saturated heterocycles. The molecule has 0 aliphatic heterocycles. The molecule has 3 N–H and O–H groups in total. The van der Waals surface area contributed by atoms with Crippen molar-refractivity contribution in [1.82, 2.24) is 10.2 Å².